The van der Waals surface area contributed by atoms with Crippen LogP contribution in [0.25, 0.3) is 12.2 Å². The van der Waals surface area contributed by atoms with Gasteiger partial charge in [-0.2, -0.15) is 13.6 Å². The highest BCUT2D eigenvalue weighted by Gasteiger charge is 2.11. The van der Waals surface area contributed by atoms with Crippen molar-refractivity contribution in [3.05, 3.63) is 52.6 Å². The second-order valence-corrected chi connectivity index (χ2v) is 6.64. The molecule has 0 aromatic heterocycles. The molecule has 0 unspecified atom stereocenters. The molecule has 0 radical (unpaired) electrons. The molecule has 6 nitrogen and oxygen atoms in total. The first-order valence-electron chi connectivity index (χ1n) is 7.47. The van der Waals surface area contributed by atoms with E-state index in [4.69, 9.17) is 18.8 Å². The molecule has 0 atom stereocenters. The standard InChI is InChI=1S/C18H21NO5S/c1-12-9-15(11-17(23-4)13(12)2)6-5-14-7-8-16(22-3)18(10-14)24-25(19,20)21/h5-11H,1-4H3,(H2,19,20,21)/b6-5-. The van der Waals surface area contributed by atoms with E-state index >= 15 is 0 Å². The molecule has 2 N–H and O–H groups in total. The van der Waals surface area contributed by atoms with Crippen molar-refractivity contribution >= 4 is 22.5 Å². The molecule has 0 spiro atoms. The lowest BCUT2D eigenvalue weighted by atomic mass is 10.0. The molecule has 0 fully saturated rings. The number of methoxy groups -OCH3 is 2. The Hall–Kier alpha value is -2.51. The topological polar surface area (TPSA) is 87.8 Å². The number of nitrogens with two attached hydrogens (primary N) is 1. The summed E-state index contributed by atoms with van der Waals surface area (Å²) in [6, 6.07) is 8.91. The second kappa shape index (κ2) is 7.58. The zero-order valence-electron chi connectivity index (χ0n) is 14.6. The SMILES string of the molecule is COc1ccc(/C=C\c2cc(C)c(C)c(OC)c2)cc1OS(N)(=O)=O. The first-order chi connectivity index (χ1) is 11.7. The summed E-state index contributed by atoms with van der Waals surface area (Å²) in [5.74, 6) is 1.12. The third-order valence-corrected chi connectivity index (χ3v) is 4.14. The van der Waals surface area contributed by atoms with Gasteiger partial charge in [-0.05, 0) is 54.3 Å². The number of aryl methyl sites for hydroxylation is 1. The predicted molar refractivity (Wildman–Crippen MR) is 98.1 cm³/mol. The van der Waals surface area contributed by atoms with Gasteiger partial charge in [0.25, 0.3) is 0 Å². The lowest BCUT2D eigenvalue weighted by Gasteiger charge is -2.10. The lowest BCUT2D eigenvalue weighted by Crippen LogP contribution is -2.19. The van der Waals surface area contributed by atoms with Crippen molar-refractivity contribution in [3.63, 3.8) is 0 Å². The van der Waals surface area contributed by atoms with E-state index in [0.29, 0.717) is 0 Å². The van der Waals surface area contributed by atoms with Crippen molar-refractivity contribution in [1.82, 2.24) is 0 Å². The largest absolute Gasteiger partial charge is 0.496 e. The van der Waals surface area contributed by atoms with Crippen LogP contribution in [0.5, 0.6) is 17.2 Å². The third-order valence-electron chi connectivity index (χ3n) is 3.72. The molecule has 2 aromatic carbocycles. The molecule has 134 valence electrons. The minimum Gasteiger partial charge on any atom is -0.496 e. The number of ether oxygens (including phenoxy) is 2. The number of hydrogen-bond donors (Lipinski definition) is 1. The maximum absolute atomic E-state index is 11.2. The lowest BCUT2D eigenvalue weighted by molar-refractivity contribution is 0.390. The first kappa shape index (κ1) is 18.8. The van der Waals surface area contributed by atoms with E-state index in [9.17, 15) is 8.42 Å². The van der Waals surface area contributed by atoms with Crippen LogP contribution in [-0.4, -0.2) is 22.6 Å². The molecule has 0 bridgehead atoms. The number of rotatable bonds is 6. The maximum atomic E-state index is 11.2. The average Bonchev–Trinajstić information content (AvgIpc) is 2.54. The Kier molecular flexibility index (Phi) is 5.71. The quantitative estimate of drug-likeness (QED) is 0.797. The van der Waals surface area contributed by atoms with E-state index in [2.05, 4.69) is 0 Å². The van der Waals surface area contributed by atoms with E-state index in [-0.39, 0.29) is 11.5 Å². The van der Waals surface area contributed by atoms with Gasteiger partial charge in [0.15, 0.2) is 11.5 Å². The minimum absolute atomic E-state index is 0.0322. The van der Waals surface area contributed by atoms with E-state index in [1.54, 1.807) is 19.2 Å². The van der Waals surface area contributed by atoms with Crippen LogP contribution in [0, 0.1) is 13.8 Å². The summed E-state index contributed by atoms with van der Waals surface area (Å²) in [6.45, 7) is 4.02. The molecule has 0 aliphatic heterocycles. The van der Waals surface area contributed by atoms with Crippen molar-refractivity contribution in [2.24, 2.45) is 5.14 Å². The molecule has 7 heteroatoms. The summed E-state index contributed by atoms with van der Waals surface area (Å²) in [6.07, 6.45) is 3.73. The van der Waals surface area contributed by atoms with Gasteiger partial charge >= 0.3 is 10.3 Å². The monoisotopic (exact) mass is 363 g/mol. The van der Waals surface area contributed by atoms with Crippen LogP contribution in [0.15, 0.2) is 30.3 Å². The Morgan fingerprint density at radius 1 is 0.880 bits per heavy atom. The summed E-state index contributed by atoms with van der Waals surface area (Å²) in [5.41, 5.74) is 3.90. The van der Waals surface area contributed by atoms with Crippen LogP contribution in [0.1, 0.15) is 22.3 Å². The fourth-order valence-electron chi connectivity index (χ4n) is 2.34. The summed E-state index contributed by atoms with van der Waals surface area (Å²) in [7, 11) is -1.08. The fourth-order valence-corrected chi connectivity index (χ4v) is 2.72. The molecular formula is C18H21NO5S. The Bertz CT molecular complexity index is 904. The Morgan fingerprint density at radius 2 is 1.48 bits per heavy atom. The van der Waals surface area contributed by atoms with Crippen LogP contribution in [-0.2, 0) is 10.3 Å². The first-order valence-corrected chi connectivity index (χ1v) is 8.94. The van der Waals surface area contributed by atoms with Gasteiger partial charge in [0.2, 0.25) is 0 Å². The molecule has 0 heterocycles. The van der Waals surface area contributed by atoms with Crippen molar-refractivity contribution in [2.75, 3.05) is 14.2 Å². The van der Waals surface area contributed by atoms with Crippen LogP contribution in [0.2, 0.25) is 0 Å². The highest BCUT2D eigenvalue weighted by Crippen LogP contribution is 2.30. The van der Waals surface area contributed by atoms with Gasteiger partial charge in [0.1, 0.15) is 5.75 Å². The second-order valence-electron chi connectivity index (χ2n) is 5.48. The van der Waals surface area contributed by atoms with E-state index in [0.717, 1.165) is 28.0 Å². The van der Waals surface area contributed by atoms with E-state index in [1.165, 1.54) is 13.2 Å². The van der Waals surface area contributed by atoms with Crippen molar-refractivity contribution in [1.29, 1.82) is 0 Å². The van der Waals surface area contributed by atoms with E-state index < -0.39 is 10.3 Å². The van der Waals surface area contributed by atoms with Crippen LogP contribution in [0.3, 0.4) is 0 Å². The van der Waals surface area contributed by atoms with Gasteiger partial charge in [-0.15, -0.1) is 0 Å². The third kappa shape index (κ3) is 4.98. The number of hydrogen-bond acceptors (Lipinski definition) is 5. The Labute approximate surface area is 148 Å². The van der Waals surface area contributed by atoms with Gasteiger partial charge in [-0.3, -0.25) is 0 Å². The Morgan fingerprint density at radius 3 is 2.08 bits per heavy atom. The van der Waals surface area contributed by atoms with Crippen molar-refractivity contribution < 1.29 is 22.1 Å². The summed E-state index contributed by atoms with van der Waals surface area (Å²) in [5, 5.41) is 4.93. The molecule has 25 heavy (non-hydrogen) atoms. The average molecular weight is 363 g/mol. The van der Waals surface area contributed by atoms with Gasteiger partial charge < -0.3 is 13.7 Å². The van der Waals surface area contributed by atoms with Gasteiger partial charge in [-0.1, -0.05) is 24.3 Å². The predicted octanol–water partition coefficient (Wildman–Crippen LogP) is 3.07. The molecule has 2 aromatic rings. The zero-order chi connectivity index (χ0) is 18.6. The maximum Gasteiger partial charge on any atom is 0.380 e. The molecular weight excluding hydrogens is 342 g/mol. The zero-order valence-corrected chi connectivity index (χ0v) is 15.4. The highest BCUT2D eigenvalue weighted by molar-refractivity contribution is 7.84. The normalized spacial score (nSPS) is 11.6. The highest BCUT2D eigenvalue weighted by atomic mass is 32.2. The molecule has 0 aliphatic rings. The van der Waals surface area contributed by atoms with Crippen molar-refractivity contribution in [3.8, 4) is 17.2 Å². The van der Waals surface area contributed by atoms with Gasteiger partial charge in [0.05, 0.1) is 14.2 Å². The molecule has 0 amide bonds. The molecule has 0 saturated heterocycles. The van der Waals surface area contributed by atoms with Crippen LogP contribution >= 0.6 is 0 Å². The van der Waals surface area contributed by atoms with Crippen LogP contribution in [0.4, 0.5) is 0 Å². The fraction of sp³-hybridized carbons (Fsp3) is 0.222. The van der Waals surface area contributed by atoms with Gasteiger partial charge in [0, 0.05) is 0 Å². The summed E-state index contributed by atoms with van der Waals surface area (Å²) in [4.78, 5) is 0. The minimum atomic E-state index is -4.13. The Balaban J connectivity index is 2.35. The summed E-state index contributed by atoms with van der Waals surface area (Å²) < 4.78 is 37.5. The smallest absolute Gasteiger partial charge is 0.380 e. The molecule has 2 rings (SSSR count). The van der Waals surface area contributed by atoms with Gasteiger partial charge in [-0.25, -0.2) is 0 Å². The molecule has 0 saturated carbocycles. The van der Waals surface area contributed by atoms with E-state index in [1.807, 2.05) is 38.1 Å². The summed E-state index contributed by atoms with van der Waals surface area (Å²) >= 11 is 0. The number of benzene rings is 2. The van der Waals surface area contributed by atoms with Crippen LogP contribution < -0.4 is 18.8 Å². The van der Waals surface area contributed by atoms with Crippen molar-refractivity contribution in [2.45, 2.75) is 13.8 Å². The molecule has 0 aliphatic carbocycles.